The van der Waals surface area contributed by atoms with Crippen molar-refractivity contribution in [2.24, 2.45) is 0 Å². The first kappa shape index (κ1) is 14.8. The van der Waals surface area contributed by atoms with Gasteiger partial charge in [-0.15, -0.1) is 16.8 Å². The Labute approximate surface area is 90.2 Å². The molecular weight excluding hydrogens is 296 g/mol. The SMILES string of the molecule is O=[N+]([O-])S(=O)(=O)NS(=O)NS(=O)(=O)[N+](=O)[O-]. The molecule has 94 valence electrons. The summed E-state index contributed by atoms with van der Waals surface area (Å²) < 4.78 is 49.8. The first-order valence-electron chi connectivity index (χ1n) is 2.75. The van der Waals surface area contributed by atoms with Gasteiger partial charge < -0.3 is 0 Å². The molecule has 0 aliphatic rings. The van der Waals surface area contributed by atoms with Crippen LogP contribution in [0.3, 0.4) is 0 Å². The highest BCUT2D eigenvalue weighted by molar-refractivity contribution is 8.04. The van der Waals surface area contributed by atoms with Crippen molar-refractivity contribution in [2.45, 2.75) is 0 Å². The molecule has 0 atom stereocenters. The van der Waals surface area contributed by atoms with E-state index in [1.54, 1.807) is 0 Å². The standard InChI is InChI=1S/H2N4O9S3/c5-3(6)15(10,11)1-14(9)2-16(12,13)4(7)8/h1-2H. The van der Waals surface area contributed by atoms with Crippen LogP contribution in [0, 0.1) is 20.2 Å². The molecule has 0 aliphatic carbocycles. The molecule has 0 heterocycles. The lowest BCUT2D eigenvalue weighted by Gasteiger charge is -1.97. The van der Waals surface area contributed by atoms with E-state index in [9.17, 15) is 41.3 Å². The molecule has 0 aromatic rings. The highest BCUT2D eigenvalue weighted by atomic mass is 32.3. The summed E-state index contributed by atoms with van der Waals surface area (Å²) in [6.45, 7) is 0. The van der Waals surface area contributed by atoms with Crippen molar-refractivity contribution in [1.82, 2.24) is 8.25 Å². The molecule has 0 saturated carbocycles. The van der Waals surface area contributed by atoms with Crippen molar-refractivity contribution in [3.05, 3.63) is 20.2 Å². The van der Waals surface area contributed by atoms with Crippen LogP contribution < -0.4 is 8.25 Å². The van der Waals surface area contributed by atoms with Crippen LogP contribution in [-0.2, 0) is 31.6 Å². The normalized spacial score (nSPS) is 12.6. The van der Waals surface area contributed by atoms with Gasteiger partial charge >= 0.3 is 20.4 Å². The summed E-state index contributed by atoms with van der Waals surface area (Å²) in [6, 6.07) is 0. The smallest absolute Gasteiger partial charge is 0.246 e. The number of nitrogens with zero attached hydrogens (tertiary/aromatic N) is 2. The number of hydrogen-bond acceptors (Lipinski definition) is 9. The lowest BCUT2D eigenvalue weighted by atomic mass is 13.4. The van der Waals surface area contributed by atoms with Crippen LogP contribution in [0.25, 0.3) is 0 Å². The van der Waals surface area contributed by atoms with E-state index in [0.29, 0.717) is 0 Å². The summed E-state index contributed by atoms with van der Waals surface area (Å²) in [4.78, 5) is 19.5. The zero-order valence-corrected chi connectivity index (χ0v) is 9.24. The maximum atomic E-state index is 10.6. The van der Waals surface area contributed by atoms with Gasteiger partial charge in [-0.1, -0.05) is 8.25 Å². The molecule has 0 aromatic heterocycles. The summed E-state index contributed by atoms with van der Waals surface area (Å²) in [5.41, 5.74) is 0. The van der Waals surface area contributed by atoms with E-state index in [-0.39, 0.29) is 0 Å². The number of hydrogen-bond donors (Lipinski definition) is 2. The molecule has 0 aromatic carbocycles. The predicted octanol–water partition coefficient (Wildman–Crippen LogP) is -3.21. The second-order valence-corrected chi connectivity index (χ2v) is 6.20. The van der Waals surface area contributed by atoms with Gasteiger partial charge in [0, 0.05) is 0 Å². The fourth-order valence-electron chi connectivity index (χ4n) is 0.269. The van der Waals surface area contributed by atoms with Gasteiger partial charge in [-0.3, -0.25) is 0 Å². The van der Waals surface area contributed by atoms with Gasteiger partial charge in [-0.25, -0.2) is 24.4 Å². The molecular formula is H2N4O9S3. The Hall–Kier alpha value is -1.23. The summed E-state index contributed by atoms with van der Waals surface area (Å²) in [6.07, 6.45) is 0. The van der Waals surface area contributed by atoms with Crippen molar-refractivity contribution in [1.29, 1.82) is 0 Å². The van der Waals surface area contributed by atoms with Gasteiger partial charge in [0.2, 0.25) is 11.2 Å². The molecule has 0 amide bonds. The van der Waals surface area contributed by atoms with E-state index >= 15 is 0 Å². The molecule has 2 N–H and O–H groups in total. The van der Waals surface area contributed by atoms with Crippen LogP contribution in [0.4, 0.5) is 0 Å². The van der Waals surface area contributed by atoms with E-state index < -0.39 is 40.2 Å². The molecule has 16 heavy (non-hydrogen) atoms. The van der Waals surface area contributed by atoms with Crippen LogP contribution in [0.5, 0.6) is 0 Å². The van der Waals surface area contributed by atoms with Gasteiger partial charge in [0.1, 0.15) is 0 Å². The molecule has 0 aliphatic heterocycles. The quantitative estimate of drug-likeness (QED) is 0.374. The molecule has 0 spiro atoms. The van der Waals surface area contributed by atoms with Gasteiger partial charge in [0.25, 0.3) is 0 Å². The summed E-state index contributed by atoms with van der Waals surface area (Å²) in [5.74, 6) is 0. The average molecular weight is 298 g/mol. The van der Waals surface area contributed by atoms with Crippen molar-refractivity contribution in [3.8, 4) is 0 Å². The highest BCUT2D eigenvalue weighted by Gasteiger charge is 2.32. The van der Waals surface area contributed by atoms with Gasteiger partial charge in [0.05, 0.1) is 0 Å². The van der Waals surface area contributed by atoms with Gasteiger partial charge in [-0.05, 0) is 0 Å². The molecule has 0 fully saturated rings. The van der Waals surface area contributed by atoms with Crippen molar-refractivity contribution in [2.75, 3.05) is 0 Å². The zero-order valence-electron chi connectivity index (χ0n) is 6.79. The lowest BCUT2D eigenvalue weighted by molar-refractivity contribution is -0.306. The van der Waals surface area contributed by atoms with Crippen molar-refractivity contribution >= 4 is 31.6 Å². The lowest BCUT2D eigenvalue weighted by Crippen LogP contribution is -2.42. The first-order chi connectivity index (χ1) is 6.99. The van der Waals surface area contributed by atoms with E-state index in [1.807, 2.05) is 0 Å². The first-order valence-corrected chi connectivity index (χ1v) is 6.78. The van der Waals surface area contributed by atoms with E-state index in [1.165, 1.54) is 0 Å². The maximum absolute atomic E-state index is 10.6. The van der Waals surface area contributed by atoms with Crippen molar-refractivity contribution < 1.29 is 29.7 Å². The minimum Gasteiger partial charge on any atom is -0.246 e. The van der Waals surface area contributed by atoms with Crippen molar-refractivity contribution in [3.63, 3.8) is 0 Å². The average Bonchev–Trinajstić information content (AvgIpc) is 2.00. The molecule has 0 radical (unpaired) electrons. The molecule has 13 nitrogen and oxygen atoms in total. The number of rotatable bonds is 6. The fraction of sp³-hybridized carbons (Fsp3) is 0. The van der Waals surface area contributed by atoms with E-state index in [2.05, 4.69) is 0 Å². The number of nitro groups is 2. The molecule has 16 heteroatoms. The van der Waals surface area contributed by atoms with E-state index in [0.717, 1.165) is 8.25 Å². The third-order valence-corrected chi connectivity index (χ3v) is 4.44. The summed E-state index contributed by atoms with van der Waals surface area (Å²) >= 11 is -3.26. The molecule has 0 unspecified atom stereocenters. The maximum Gasteiger partial charge on any atom is 0.508 e. The van der Waals surface area contributed by atoms with Crippen LogP contribution in [0.1, 0.15) is 0 Å². The van der Waals surface area contributed by atoms with Crippen LogP contribution in [-0.4, -0.2) is 29.7 Å². The van der Waals surface area contributed by atoms with Gasteiger partial charge in [-0.2, -0.15) is 0 Å². The molecule has 0 rings (SSSR count). The Morgan fingerprint density at radius 2 is 1.12 bits per heavy atom. The highest BCUT2D eigenvalue weighted by Crippen LogP contribution is 1.89. The Morgan fingerprint density at radius 1 is 0.875 bits per heavy atom. The third kappa shape index (κ3) is 4.10. The summed E-state index contributed by atoms with van der Waals surface area (Å²) in [7, 11) is -10.5. The molecule has 0 bridgehead atoms. The predicted molar refractivity (Wildman–Crippen MR) is 46.2 cm³/mol. The summed E-state index contributed by atoms with van der Waals surface area (Å²) in [5, 5.41) is 19.5. The van der Waals surface area contributed by atoms with Crippen LogP contribution in [0.2, 0.25) is 0 Å². The Bertz CT molecular complexity index is 475. The van der Waals surface area contributed by atoms with Crippen LogP contribution in [0.15, 0.2) is 0 Å². The largest absolute Gasteiger partial charge is 0.508 e. The fourth-order valence-corrected chi connectivity index (χ4v) is 2.73. The minimum atomic E-state index is -5.27. The topological polar surface area (TPSA) is 196 Å². The van der Waals surface area contributed by atoms with E-state index in [4.69, 9.17) is 0 Å². The minimum absolute atomic E-state index is 0.717. The second-order valence-electron chi connectivity index (χ2n) is 1.83. The zero-order chi connectivity index (χ0) is 13.1. The Kier molecular flexibility index (Phi) is 4.37. The third-order valence-electron chi connectivity index (χ3n) is 0.754. The second kappa shape index (κ2) is 4.74. The number of nitrogens with one attached hydrogen (secondary N) is 2. The van der Waals surface area contributed by atoms with Gasteiger partial charge in [0.15, 0.2) is 8.66 Å². The Morgan fingerprint density at radius 3 is 1.31 bits per heavy atom. The monoisotopic (exact) mass is 298 g/mol. The Balaban J connectivity index is 4.80. The van der Waals surface area contributed by atoms with Crippen LogP contribution >= 0.6 is 0 Å². The molecule has 0 saturated heterocycles.